The van der Waals surface area contributed by atoms with Crippen LogP contribution in [0.3, 0.4) is 0 Å². The van der Waals surface area contributed by atoms with Crippen molar-refractivity contribution in [2.45, 2.75) is 18.4 Å². The van der Waals surface area contributed by atoms with Gasteiger partial charge in [-0.2, -0.15) is 5.10 Å². The highest BCUT2D eigenvalue weighted by atomic mass is 32.2. The van der Waals surface area contributed by atoms with Crippen LogP contribution in [0.1, 0.15) is 32.1 Å². The number of sulfonamides is 1. The first kappa shape index (κ1) is 23.6. The van der Waals surface area contributed by atoms with Gasteiger partial charge in [0.05, 0.1) is 29.4 Å². The van der Waals surface area contributed by atoms with E-state index in [4.69, 9.17) is 9.88 Å². The molecule has 34 heavy (non-hydrogen) atoms. The van der Waals surface area contributed by atoms with Gasteiger partial charge < -0.3 is 15.0 Å². The molecule has 0 atom stereocenters. The average Bonchev–Trinajstić information content (AvgIpc) is 3.23. The molecule has 178 valence electrons. The van der Waals surface area contributed by atoms with E-state index in [0.29, 0.717) is 37.7 Å². The second kappa shape index (κ2) is 9.75. The van der Waals surface area contributed by atoms with Crippen LogP contribution in [0, 0.1) is 6.92 Å². The second-order valence-electron chi connectivity index (χ2n) is 7.88. The van der Waals surface area contributed by atoms with Crippen LogP contribution in [0.25, 0.3) is 5.69 Å². The van der Waals surface area contributed by atoms with E-state index >= 15 is 0 Å². The van der Waals surface area contributed by atoms with Crippen LogP contribution in [0.4, 0.5) is 0 Å². The number of aryl methyl sites for hydroxylation is 1. The molecule has 1 fully saturated rings. The number of nitrogens with one attached hydrogen (secondary N) is 1. The van der Waals surface area contributed by atoms with Crippen molar-refractivity contribution in [3.05, 3.63) is 77.1 Å². The predicted octanol–water partition coefficient (Wildman–Crippen LogP) is 1.23. The topological polar surface area (TPSA) is 137 Å². The van der Waals surface area contributed by atoms with Crippen molar-refractivity contribution in [3.63, 3.8) is 0 Å². The quantitative estimate of drug-likeness (QED) is 0.541. The van der Waals surface area contributed by atoms with Gasteiger partial charge in [-0.25, -0.2) is 18.2 Å². The minimum absolute atomic E-state index is 0.0685. The lowest BCUT2D eigenvalue weighted by molar-refractivity contribution is 0.0298. The van der Waals surface area contributed by atoms with Crippen molar-refractivity contribution >= 4 is 21.8 Å². The maximum Gasteiger partial charge on any atom is 0.274 e. The van der Waals surface area contributed by atoms with Crippen molar-refractivity contribution in [3.8, 4) is 5.69 Å². The van der Waals surface area contributed by atoms with E-state index in [1.165, 1.54) is 22.9 Å². The molecule has 3 aromatic rings. The van der Waals surface area contributed by atoms with E-state index in [0.717, 1.165) is 5.56 Å². The third kappa shape index (κ3) is 5.16. The molecular formula is C23H25N5O5S. The number of hydrogen-bond donors (Lipinski definition) is 2. The number of morpholine rings is 1. The number of ether oxygens (including phenoxy) is 1. The van der Waals surface area contributed by atoms with Gasteiger partial charge in [0, 0.05) is 25.3 Å². The van der Waals surface area contributed by atoms with Gasteiger partial charge in [-0.05, 0) is 36.8 Å². The molecule has 1 aromatic heterocycles. The van der Waals surface area contributed by atoms with Gasteiger partial charge in [0.25, 0.3) is 11.8 Å². The van der Waals surface area contributed by atoms with E-state index in [9.17, 15) is 18.0 Å². The monoisotopic (exact) mass is 483 g/mol. The first-order valence-corrected chi connectivity index (χ1v) is 12.2. The smallest absolute Gasteiger partial charge is 0.274 e. The summed E-state index contributed by atoms with van der Waals surface area (Å²) in [5, 5.41) is 12.5. The molecule has 0 unspecified atom stereocenters. The molecule has 3 N–H and O–H groups in total. The van der Waals surface area contributed by atoms with Crippen molar-refractivity contribution in [2.75, 3.05) is 26.3 Å². The molecule has 1 aliphatic rings. The molecule has 1 saturated heterocycles. The Morgan fingerprint density at radius 2 is 1.79 bits per heavy atom. The minimum Gasteiger partial charge on any atom is -0.378 e. The molecule has 0 saturated carbocycles. The normalized spacial score (nSPS) is 14.1. The maximum absolute atomic E-state index is 13.1. The second-order valence-corrected chi connectivity index (χ2v) is 9.44. The summed E-state index contributed by atoms with van der Waals surface area (Å²) in [6.07, 6.45) is 0. The molecular weight excluding hydrogens is 458 g/mol. The lowest BCUT2D eigenvalue weighted by Crippen LogP contribution is -2.40. The molecule has 1 aliphatic heterocycles. The summed E-state index contributed by atoms with van der Waals surface area (Å²) < 4.78 is 30.6. The van der Waals surface area contributed by atoms with Gasteiger partial charge in [0.2, 0.25) is 10.0 Å². The number of primary sulfonamides is 1. The van der Waals surface area contributed by atoms with Crippen molar-refractivity contribution < 1.29 is 22.7 Å². The Kier molecular flexibility index (Phi) is 6.77. The summed E-state index contributed by atoms with van der Waals surface area (Å²) in [5.41, 5.74) is 2.12. The number of nitrogens with two attached hydrogens (primary N) is 1. The van der Waals surface area contributed by atoms with Gasteiger partial charge >= 0.3 is 0 Å². The third-order valence-corrected chi connectivity index (χ3v) is 6.38. The lowest BCUT2D eigenvalue weighted by atomic mass is 10.1. The largest absolute Gasteiger partial charge is 0.378 e. The van der Waals surface area contributed by atoms with E-state index in [-0.39, 0.29) is 28.6 Å². The SMILES string of the molecule is Cc1cc(C(=O)N2CCOCC2)nn1-c1ccc(S(N)(=O)=O)cc1C(=O)NCc1ccccc1. The van der Waals surface area contributed by atoms with E-state index < -0.39 is 15.9 Å². The van der Waals surface area contributed by atoms with Crippen molar-refractivity contribution in [1.82, 2.24) is 20.0 Å². The molecule has 10 nitrogen and oxygen atoms in total. The summed E-state index contributed by atoms with van der Waals surface area (Å²) in [4.78, 5) is 27.5. The van der Waals surface area contributed by atoms with Crippen LogP contribution in [-0.4, -0.2) is 61.2 Å². The molecule has 0 bridgehead atoms. The molecule has 2 aromatic carbocycles. The average molecular weight is 484 g/mol. The third-order valence-electron chi connectivity index (χ3n) is 5.47. The van der Waals surface area contributed by atoms with Gasteiger partial charge in [0.15, 0.2) is 5.69 Å². The summed E-state index contributed by atoms with van der Waals surface area (Å²) in [6.45, 7) is 3.88. The summed E-state index contributed by atoms with van der Waals surface area (Å²) in [6, 6.07) is 14.9. The van der Waals surface area contributed by atoms with Gasteiger partial charge in [-0.3, -0.25) is 9.59 Å². The number of benzene rings is 2. The fourth-order valence-electron chi connectivity index (χ4n) is 3.68. The van der Waals surface area contributed by atoms with Crippen LogP contribution < -0.4 is 10.5 Å². The Morgan fingerprint density at radius 1 is 1.09 bits per heavy atom. The number of hydrogen-bond acceptors (Lipinski definition) is 6. The number of carbonyl (C=O) groups excluding carboxylic acids is 2. The van der Waals surface area contributed by atoms with Crippen LogP contribution in [0.15, 0.2) is 59.5 Å². The van der Waals surface area contributed by atoms with E-state index in [1.807, 2.05) is 30.3 Å². The number of amides is 2. The van der Waals surface area contributed by atoms with E-state index in [2.05, 4.69) is 10.4 Å². The fourth-order valence-corrected chi connectivity index (χ4v) is 4.22. The Labute approximate surface area is 197 Å². The lowest BCUT2D eigenvalue weighted by Gasteiger charge is -2.25. The number of nitrogens with zero attached hydrogens (tertiary/aromatic N) is 3. The Hall–Kier alpha value is -3.54. The van der Waals surface area contributed by atoms with Crippen LogP contribution in [-0.2, 0) is 21.3 Å². The molecule has 0 radical (unpaired) electrons. The zero-order valence-corrected chi connectivity index (χ0v) is 19.4. The van der Waals surface area contributed by atoms with Crippen LogP contribution in [0.5, 0.6) is 0 Å². The highest BCUT2D eigenvalue weighted by Gasteiger charge is 2.24. The molecule has 2 amide bonds. The minimum atomic E-state index is -4.04. The van der Waals surface area contributed by atoms with Crippen LogP contribution >= 0.6 is 0 Å². The zero-order valence-electron chi connectivity index (χ0n) is 18.6. The van der Waals surface area contributed by atoms with Crippen molar-refractivity contribution in [1.29, 1.82) is 0 Å². The number of carbonyl (C=O) groups is 2. The van der Waals surface area contributed by atoms with Gasteiger partial charge in [-0.15, -0.1) is 0 Å². The Morgan fingerprint density at radius 3 is 2.47 bits per heavy atom. The molecule has 11 heteroatoms. The molecule has 0 aliphatic carbocycles. The highest BCUT2D eigenvalue weighted by Crippen LogP contribution is 2.22. The fraction of sp³-hybridized carbons (Fsp3) is 0.261. The summed E-state index contributed by atoms with van der Waals surface area (Å²) in [7, 11) is -4.04. The zero-order chi connectivity index (χ0) is 24.3. The maximum atomic E-state index is 13.1. The first-order chi connectivity index (χ1) is 16.2. The van der Waals surface area contributed by atoms with Crippen LogP contribution in [0.2, 0.25) is 0 Å². The number of rotatable bonds is 6. The van der Waals surface area contributed by atoms with Gasteiger partial charge in [0.1, 0.15) is 0 Å². The summed E-state index contributed by atoms with van der Waals surface area (Å²) in [5.74, 6) is -0.735. The van der Waals surface area contributed by atoms with E-state index in [1.54, 1.807) is 17.9 Å². The predicted molar refractivity (Wildman–Crippen MR) is 124 cm³/mol. The van der Waals surface area contributed by atoms with Gasteiger partial charge in [-0.1, -0.05) is 30.3 Å². The summed E-state index contributed by atoms with van der Waals surface area (Å²) >= 11 is 0. The Bertz CT molecular complexity index is 1310. The molecule has 4 rings (SSSR count). The molecule has 0 spiro atoms. The first-order valence-electron chi connectivity index (χ1n) is 10.7. The number of aromatic nitrogens is 2. The standard InChI is InChI=1S/C23H25N5O5S/c1-16-13-20(23(30)27-9-11-33-12-10-27)26-28(16)21-8-7-18(34(24,31)32)14-19(21)22(29)25-15-17-5-3-2-4-6-17/h2-8,13-14H,9-12,15H2,1H3,(H,25,29)(H2,24,31,32). The van der Waals surface area contributed by atoms with Crippen molar-refractivity contribution in [2.24, 2.45) is 5.14 Å². The Balaban J connectivity index is 1.69. The molecule has 2 heterocycles. The highest BCUT2D eigenvalue weighted by molar-refractivity contribution is 7.89.